The molecular weight excluding hydrogens is 1160 g/mol. The zero-order valence-electron chi connectivity index (χ0n) is 50.3. The van der Waals surface area contributed by atoms with E-state index in [9.17, 15) is 78.0 Å². The predicted octanol–water partition coefficient (Wildman–Crippen LogP) is -23.8. The molecule has 2 aliphatic rings. The molecule has 2 rings (SSSR count). The van der Waals surface area contributed by atoms with Gasteiger partial charge in [-0.3, -0.25) is 48.4 Å². The fraction of sp³-hybridized carbons (Fsp3) is 0.750. The molecule has 480 valence electrons. The molecule has 2 fully saturated rings. The first-order valence-electron chi connectivity index (χ1n) is 26.3. The van der Waals surface area contributed by atoms with E-state index in [-0.39, 0.29) is 260 Å². The van der Waals surface area contributed by atoms with Crippen molar-refractivity contribution in [3.05, 3.63) is 0 Å². The fourth-order valence-corrected chi connectivity index (χ4v) is 7.16. The molecule has 0 saturated carbocycles. The normalized spacial score (nSPS) is 18.0. The van der Waals surface area contributed by atoms with E-state index in [1.54, 1.807) is 19.6 Å². The first kappa shape index (κ1) is 90.0. The van der Waals surface area contributed by atoms with E-state index in [1.807, 2.05) is 0 Å². The maximum atomic E-state index is 12.3. The van der Waals surface area contributed by atoms with Gasteiger partial charge in [0.05, 0.1) is 169 Å². The van der Waals surface area contributed by atoms with Gasteiger partial charge in [0.1, 0.15) is 12.1 Å². The van der Waals surface area contributed by atoms with Gasteiger partial charge in [0.2, 0.25) is 23.6 Å². The monoisotopic (exact) mass is 1240 g/mol. The number of carbonyl (C=O) groups is 12. The van der Waals surface area contributed by atoms with Crippen LogP contribution < -0.4 is 117 Å². The van der Waals surface area contributed by atoms with Crippen molar-refractivity contribution >= 4 is 71.4 Å². The molecule has 4 amide bonds. The maximum absolute atomic E-state index is 12.3. The van der Waals surface area contributed by atoms with Gasteiger partial charge in [0.25, 0.3) is 0 Å². The van der Waals surface area contributed by atoms with Crippen LogP contribution in [0.3, 0.4) is 0 Å². The molecule has 8 N–H and O–H groups in total. The summed E-state index contributed by atoms with van der Waals surface area (Å²) in [6.45, 7) is 4.54. The molecular formula is C48H76Li4N8O28. The van der Waals surface area contributed by atoms with Crippen LogP contribution in [0.5, 0.6) is 0 Å². The topological polar surface area (TPSA) is 513 Å². The van der Waals surface area contributed by atoms with Crippen molar-refractivity contribution in [2.45, 2.75) is 49.9 Å². The van der Waals surface area contributed by atoms with Crippen molar-refractivity contribution < 1.29 is 212 Å². The van der Waals surface area contributed by atoms with Crippen LogP contribution in [0.25, 0.3) is 0 Å². The van der Waals surface area contributed by atoms with E-state index in [0.717, 1.165) is 0 Å². The van der Waals surface area contributed by atoms with Gasteiger partial charge in [0, 0.05) is 77.1 Å². The molecule has 2 saturated heterocycles. The van der Waals surface area contributed by atoms with Gasteiger partial charge in [-0.05, 0) is 0 Å². The SMILES string of the molecule is O=C([O-])CC(NC(=O)CN1CCOCCOCCN(CC(=O)NC(CC(=O)O)C(=O)O)CCOCCOCC1)C(=O)[O-].O=C([O-])CC(NC(=O)CN1CCOCCOCCN(CC(=O)NC(CC(=O)O)C(=O)O)CCOCCOCC1)C(=O)[O-].[Li+].[Li+].[Li+].[Li+]. The van der Waals surface area contributed by atoms with Gasteiger partial charge in [0.15, 0.2) is 0 Å². The van der Waals surface area contributed by atoms with Crippen LogP contribution >= 0.6 is 0 Å². The minimum Gasteiger partial charge on any atom is -0.550 e. The Morgan fingerprint density at radius 3 is 0.636 bits per heavy atom. The summed E-state index contributed by atoms with van der Waals surface area (Å²) in [6.07, 6.45) is -3.37. The number of nitrogens with zero attached hydrogens (tertiary/aromatic N) is 4. The Balaban J connectivity index is -0.000000767. The summed E-state index contributed by atoms with van der Waals surface area (Å²) in [5.74, 6) is -15.2. The zero-order valence-corrected chi connectivity index (χ0v) is 50.3. The van der Waals surface area contributed by atoms with Crippen molar-refractivity contribution in [1.29, 1.82) is 0 Å². The van der Waals surface area contributed by atoms with E-state index < -0.39 is 121 Å². The number of carbonyl (C=O) groups excluding carboxylic acids is 8. The van der Waals surface area contributed by atoms with Crippen LogP contribution in [0, 0.1) is 0 Å². The summed E-state index contributed by atoms with van der Waals surface area (Å²) in [4.78, 5) is 144. The van der Waals surface area contributed by atoms with Crippen LogP contribution in [-0.2, 0) is 95.4 Å². The third-order valence-electron chi connectivity index (χ3n) is 11.4. The molecule has 0 bridgehead atoms. The molecule has 4 unspecified atom stereocenters. The summed E-state index contributed by atoms with van der Waals surface area (Å²) in [6, 6.07) is -6.57. The quantitative estimate of drug-likeness (QED) is 0.0416. The van der Waals surface area contributed by atoms with Gasteiger partial charge < -0.3 is 119 Å². The van der Waals surface area contributed by atoms with Crippen LogP contribution in [-0.4, -0.2) is 320 Å². The van der Waals surface area contributed by atoms with Gasteiger partial charge in [-0.15, -0.1) is 0 Å². The molecule has 0 aliphatic carbocycles. The number of rotatable bonds is 24. The minimum absolute atomic E-state index is 0. The average Bonchev–Trinajstić information content (AvgIpc) is 3.46. The number of nitrogens with one attached hydrogen (secondary N) is 4. The van der Waals surface area contributed by atoms with Crippen molar-refractivity contribution in [2.75, 3.05) is 184 Å². The molecule has 2 heterocycles. The van der Waals surface area contributed by atoms with Crippen LogP contribution in [0.4, 0.5) is 0 Å². The Labute approximate surface area is 555 Å². The van der Waals surface area contributed by atoms with E-state index in [1.165, 1.54) is 0 Å². The largest absolute Gasteiger partial charge is 1.00 e. The van der Waals surface area contributed by atoms with Crippen molar-refractivity contribution in [3.63, 3.8) is 0 Å². The van der Waals surface area contributed by atoms with Crippen molar-refractivity contribution in [1.82, 2.24) is 40.9 Å². The van der Waals surface area contributed by atoms with Gasteiger partial charge >= 0.3 is 99.3 Å². The standard InChI is InChI=1S/2C24H40N4O14.4Li/c2*29-19(25-17(23(35)36)13-21(31)32)15-27-1-5-39-9-10-41-7-3-28(4-8-42-12-11-40-6-2-27)16-20(30)26-18(24(37)38)14-22(33)34;;;;/h2*17-18H,1-16H2,(H,25,29)(H,26,30)(H,31,32)(H,33,34)(H,35,36)(H,37,38);;;;/q;;4*+1/p-4. The predicted molar refractivity (Wildman–Crippen MR) is 269 cm³/mol. The van der Waals surface area contributed by atoms with Crippen LogP contribution in [0.1, 0.15) is 25.7 Å². The number of amides is 4. The number of hydrogen-bond acceptors (Lipinski definition) is 28. The van der Waals surface area contributed by atoms with E-state index in [2.05, 4.69) is 21.3 Å². The second-order valence-electron chi connectivity index (χ2n) is 18.1. The van der Waals surface area contributed by atoms with E-state index in [4.69, 9.17) is 58.3 Å². The first-order chi connectivity index (χ1) is 39.9. The number of carboxylic acids is 8. The molecule has 0 spiro atoms. The smallest absolute Gasteiger partial charge is 0.550 e. The Hall–Kier alpha value is -4.45. The van der Waals surface area contributed by atoms with Crippen LogP contribution in [0.2, 0.25) is 0 Å². The first-order valence-corrected chi connectivity index (χ1v) is 26.3. The summed E-state index contributed by atoms with van der Waals surface area (Å²) < 4.78 is 44.2. The fourth-order valence-electron chi connectivity index (χ4n) is 7.16. The molecule has 4 atom stereocenters. The zero-order chi connectivity index (χ0) is 62.7. The maximum Gasteiger partial charge on any atom is 1.00 e. The van der Waals surface area contributed by atoms with Gasteiger partial charge in [-0.2, -0.15) is 0 Å². The Kier molecular flexibility index (Phi) is 56.6. The third kappa shape index (κ3) is 49.3. The molecule has 2 aliphatic heterocycles. The molecule has 0 aromatic carbocycles. The van der Waals surface area contributed by atoms with Gasteiger partial charge in [-0.1, -0.05) is 0 Å². The number of aliphatic carboxylic acids is 8. The molecule has 36 nitrogen and oxygen atoms in total. The third-order valence-corrected chi connectivity index (χ3v) is 11.4. The summed E-state index contributed by atoms with van der Waals surface area (Å²) in [5.41, 5.74) is 0. The number of hydrogen-bond donors (Lipinski definition) is 8. The van der Waals surface area contributed by atoms with Crippen molar-refractivity contribution in [3.8, 4) is 0 Å². The molecule has 0 radical (unpaired) electrons. The molecule has 0 aromatic rings. The Morgan fingerprint density at radius 2 is 0.489 bits per heavy atom. The minimum atomic E-state index is -1.74. The molecule has 40 heteroatoms. The average molecular weight is 1240 g/mol. The van der Waals surface area contributed by atoms with Crippen molar-refractivity contribution in [2.24, 2.45) is 0 Å². The summed E-state index contributed by atoms with van der Waals surface area (Å²) in [5, 5.41) is 88.1. The second-order valence-corrected chi connectivity index (χ2v) is 18.1. The Bertz CT molecular complexity index is 1760. The van der Waals surface area contributed by atoms with Gasteiger partial charge in [-0.25, -0.2) is 9.59 Å². The van der Waals surface area contributed by atoms with E-state index >= 15 is 0 Å². The summed E-state index contributed by atoms with van der Waals surface area (Å²) in [7, 11) is 0. The molecule has 88 heavy (non-hydrogen) atoms. The van der Waals surface area contributed by atoms with E-state index in [0.29, 0.717) is 0 Å². The van der Waals surface area contributed by atoms with Crippen LogP contribution in [0.15, 0.2) is 0 Å². The Morgan fingerprint density at radius 1 is 0.307 bits per heavy atom. The number of ether oxygens (including phenoxy) is 8. The number of carboxylic acid groups (broad SMARTS) is 8. The second kappa shape index (κ2) is 55.4. The molecule has 0 aromatic heterocycles. The summed E-state index contributed by atoms with van der Waals surface area (Å²) >= 11 is 0.